The monoisotopic (exact) mass is 294 g/mol. The summed E-state index contributed by atoms with van der Waals surface area (Å²) >= 11 is 3.16. The molecule has 0 saturated carbocycles. The highest BCUT2D eigenvalue weighted by molar-refractivity contribution is 7.09. The minimum atomic E-state index is 0.965. The zero-order valence-electron chi connectivity index (χ0n) is 11.4. The van der Waals surface area contributed by atoms with Gasteiger partial charge in [0.25, 0.3) is 0 Å². The summed E-state index contributed by atoms with van der Waals surface area (Å²) in [6.07, 6.45) is 3.73. The average Bonchev–Trinajstić information content (AvgIpc) is 3.12. The zero-order valence-corrected chi connectivity index (χ0v) is 13.0. The van der Waals surface area contributed by atoms with Crippen LogP contribution in [0.5, 0.6) is 0 Å². The second kappa shape index (κ2) is 9.41. The topological polar surface area (TPSA) is 43.6 Å². The van der Waals surface area contributed by atoms with Crippen LogP contribution < -0.4 is 0 Å². The fourth-order valence-corrected chi connectivity index (χ4v) is 2.01. The molecule has 0 aliphatic rings. The summed E-state index contributed by atoms with van der Waals surface area (Å²) in [6.45, 7) is 7.05. The molecule has 0 aliphatic carbocycles. The molecule has 0 unspecified atom stereocenters. The molecule has 4 nitrogen and oxygen atoms in total. The summed E-state index contributed by atoms with van der Waals surface area (Å²) in [5.74, 6) is 0. The summed E-state index contributed by atoms with van der Waals surface area (Å²) in [4.78, 5) is 1.38. The Hall–Kier alpha value is -1.53. The number of aryl methyl sites for hydroxylation is 3. The van der Waals surface area contributed by atoms with Crippen LogP contribution in [0.4, 0.5) is 0 Å². The lowest BCUT2D eigenvalue weighted by Crippen LogP contribution is -1.91. The van der Waals surface area contributed by atoms with Gasteiger partial charge in [-0.05, 0) is 49.8 Å². The molecule has 19 heavy (non-hydrogen) atoms. The first-order valence-electron chi connectivity index (χ1n) is 5.93. The van der Waals surface area contributed by atoms with E-state index >= 15 is 0 Å². The number of aromatic nitrogens is 4. The van der Waals surface area contributed by atoms with Crippen molar-refractivity contribution < 1.29 is 0 Å². The second-order valence-corrected chi connectivity index (χ2v) is 5.39. The fraction of sp³-hybridized carbons (Fsp3) is 0.308. The summed E-state index contributed by atoms with van der Waals surface area (Å²) in [6, 6.07) is 6.08. The van der Waals surface area contributed by atoms with E-state index in [1.165, 1.54) is 16.4 Å². The maximum Gasteiger partial charge on any atom is 0.0724 e. The van der Waals surface area contributed by atoms with E-state index in [-0.39, 0.29) is 0 Å². The molecule has 3 aromatic rings. The van der Waals surface area contributed by atoms with Crippen molar-refractivity contribution in [1.82, 2.24) is 19.4 Å². The second-order valence-electron chi connectivity index (χ2n) is 3.63. The quantitative estimate of drug-likeness (QED) is 0.685. The van der Waals surface area contributed by atoms with E-state index in [0.29, 0.717) is 0 Å². The van der Waals surface area contributed by atoms with Crippen LogP contribution in [0, 0.1) is 13.8 Å². The van der Waals surface area contributed by atoms with Crippen molar-refractivity contribution in [3.63, 3.8) is 0 Å². The molecular weight excluding hydrogens is 276 g/mol. The summed E-state index contributed by atoms with van der Waals surface area (Å²) in [5, 5.41) is 11.6. The van der Waals surface area contributed by atoms with Gasteiger partial charge in [0.2, 0.25) is 0 Å². The van der Waals surface area contributed by atoms with Gasteiger partial charge in [-0.25, -0.2) is 0 Å². The molecule has 102 valence electrons. The van der Waals surface area contributed by atoms with Gasteiger partial charge in [-0.15, -0.1) is 16.4 Å². The van der Waals surface area contributed by atoms with E-state index < -0.39 is 0 Å². The lowest BCUT2D eigenvalue weighted by Gasteiger charge is -1.87. The predicted octanol–water partition coefficient (Wildman–Crippen LogP) is 3.81. The fourth-order valence-electron chi connectivity index (χ4n) is 1.06. The van der Waals surface area contributed by atoms with Crippen LogP contribution in [0.15, 0.2) is 41.4 Å². The van der Waals surface area contributed by atoms with E-state index in [2.05, 4.69) is 46.0 Å². The normalized spacial score (nSPS) is 9.00. The van der Waals surface area contributed by atoms with Crippen LogP contribution in [0.25, 0.3) is 0 Å². The zero-order chi connectivity index (χ0) is 13.9. The molecule has 0 radical (unpaired) electrons. The Morgan fingerprint density at radius 1 is 1.26 bits per heavy atom. The first-order chi connectivity index (χ1) is 9.22. The van der Waals surface area contributed by atoms with Crippen molar-refractivity contribution in [1.29, 1.82) is 0 Å². The van der Waals surface area contributed by atoms with Crippen molar-refractivity contribution in [2.75, 3.05) is 0 Å². The third kappa shape index (κ3) is 7.48. The van der Waals surface area contributed by atoms with Crippen LogP contribution >= 0.6 is 22.9 Å². The molecule has 0 aliphatic heterocycles. The van der Waals surface area contributed by atoms with Gasteiger partial charge in [0.15, 0.2) is 0 Å². The smallest absolute Gasteiger partial charge is 0.0724 e. The molecule has 0 saturated heterocycles. The van der Waals surface area contributed by atoms with Crippen molar-refractivity contribution >= 4 is 22.9 Å². The molecule has 0 fully saturated rings. The average molecular weight is 294 g/mol. The molecule has 6 heteroatoms. The van der Waals surface area contributed by atoms with E-state index in [1.807, 2.05) is 29.2 Å². The van der Waals surface area contributed by atoms with Crippen molar-refractivity contribution in [2.45, 2.75) is 27.3 Å². The minimum Gasteiger partial charge on any atom is -0.273 e. The van der Waals surface area contributed by atoms with Crippen molar-refractivity contribution in [3.05, 3.63) is 51.9 Å². The van der Waals surface area contributed by atoms with Crippen LogP contribution in [-0.2, 0) is 6.54 Å². The third-order valence-electron chi connectivity index (χ3n) is 2.02. The Morgan fingerprint density at radius 3 is 2.32 bits per heavy atom. The Balaban J connectivity index is 0.000000143. The minimum absolute atomic E-state index is 0.965. The van der Waals surface area contributed by atoms with Gasteiger partial charge in [0.1, 0.15) is 0 Å². The number of hydrogen-bond acceptors (Lipinski definition) is 5. The van der Waals surface area contributed by atoms with Gasteiger partial charge in [-0.3, -0.25) is 4.68 Å². The molecule has 0 amide bonds. The Labute approximate surface area is 121 Å². The predicted molar refractivity (Wildman–Crippen MR) is 81.6 cm³/mol. The van der Waals surface area contributed by atoms with Crippen LogP contribution in [0.1, 0.15) is 17.5 Å². The Morgan fingerprint density at radius 2 is 2.11 bits per heavy atom. The molecular formula is C13H18N4S2. The van der Waals surface area contributed by atoms with Gasteiger partial charge in [-0.2, -0.15) is 5.10 Å². The van der Waals surface area contributed by atoms with E-state index in [1.54, 1.807) is 17.5 Å². The first kappa shape index (κ1) is 15.5. The summed E-state index contributed by atoms with van der Waals surface area (Å²) in [5.41, 5.74) is 1.00. The van der Waals surface area contributed by atoms with E-state index in [0.717, 1.165) is 12.2 Å². The van der Waals surface area contributed by atoms with Gasteiger partial charge in [0.05, 0.1) is 5.69 Å². The highest BCUT2D eigenvalue weighted by Gasteiger charge is 1.78. The summed E-state index contributed by atoms with van der Waals surface area (Å²) < 4.78 is 5.49. The van der Waals surface area contributed by atoms with E-state index in [9.17, 15) is 0 Å². The molecule has 3 heterocycles. The maximum atomic E-state index is 3.95. The molecule has 0 atom stereocenters. The van der Waals surface area contributed by atoms with Crippen LogP contribution in [0.3, 0.4) is 0 Å². The molecule has 0 spiro atoms. The number of hydrogen-bond donors (Lipinski definition) is 0. The maximum absolute atomic E-state index is 3.95. The molecule has 0 bridgehead atoms. The number of nitrogens with zero attached hydrogens (tertiary/aromatic N) is 4. The summed E-state index contributed by atoms with van der Waals surface area (Å²) in [7, 11) is 0. The van der Waals surface area contributed by atoms with Crippen LogP contribution in [0.2, 0.25) is 0 Å². The number of rotatable bonds is 1. The lowest BCUT2D eigenvalue weighted by molar-refractivity contribution is 0.660. The van der Waals surface area contributed by atoms with Gasteiger partial charge in [-0.1, -0.05) is 10.6 Å². The standard InChI is InChI=1S/C5H8N2.C5H6S.C3H4N2S/c1-2-7-5-3-4-6-7;1-5-3-2-4-6-5;1-3-2-6-5-4-3/h3-5H,2H2,1H3;2-4H,1H3;2H,1H3. The highest BCUT2D eigenvalue weighted by Crippen LogP contribution is 2.03. The van der Waals surface area contributed by atoms with E-state index in [4.69, 9.17) is 0 Å². The number of thiophene rings is 1. The highest BCUT2D eigenvalue weighted by atomic mass is 32.1. The van der Waals surface area contributed by atoms with Crippen molar-refractivity contribution in [3.8, 4) is 0 Å². The first-order valence-corrected chi connectivity index (χ1v) is 7.65. The third-order valence-corrected chi connectivity index (χ3v) is 3.44. The largest absolute Gasteiger partial charge is 0.273 e. The van der Waals surface area contributed by atoms with Crippen LogP contribution in [-0.4, -0.2) is 19.4 Å². The van der Waals surface area contributed by atoms with Gasteiger partial charge in [0, 0.05) is 29.2 Å². The SMILES string of the molecule is CCn1cccn1.Cc1cccs1.Cc1csnn1. The van der Waals surface area contributed by atoms with Gasteiger partial charge < -0.3 is 0 Å². The van der Waals surface area contributed by atoms with Crippen molar-refractivity contribution in [2.24, 2.45) is 0 Å². The van der Waals surface area contributed by atoms with Gasteiger partial charge >= 0.3 is 0 Å². The Kier molecular flexibility index (Phi) is 7.69. The Bertz CT molecular complexity index is 469. The molecule has 3 aromatic heterocycles. The lowest BCUT2D eigenvalue weighted by atomic mass is 10.5. The molecule has 3 rings (SSSR count). The molecule has 0 N–H and O–H groups in total. The molecule has 0 aromatic carbocycles.